The molecular weight excluding hydrogens is 737 g/mol. The summed E-state index contributed by atoms with van der Waals surface area (Å²) in [6, 6.07) is 3.72. The molecule has 3 aliphatic carbocycles. The molecule has 5 atom stereocenters. The first-order chi connectivity index (χ1) is 25.6. The number of carbonyl (C=O) groups is 4. The number of aryl methyl sites for hydroxylation is 1. The predicted octanol–water partition coefficient (Wildman–Crippen LogP) is 3.45. The fraction of sp³-hybridized carbons (Fsp3) is 0.657. The number of amides is 4. The minimum atomic E-state index is -4.90. The monoisotopic (exact) mass is 782 g/mol. The highest BCUT2D eigenvalue weighted by Crippen LogP contribution is 2.50. The number of fused-ring (bicyclic) bond motifs is 1. The fourth-order valence-electron chi connectivity index (χ4n) is 7.24. The van der Waals surface area contributed by atoms with Gasteiger partial charge in [0.1, 0.15) is 35.7 Å². The highest BCUT2D eigenvalue weighted by atomic mass is 32.2. The molecule has 54 heavy (non-hydrogen) atoms. The Kier molecular flexibility index (Phi) is 11.2. The van der Waals surface area contributed by atoms with Crippen LogP contribution in [-0.4, -0.2) is 102 Å². The van der Waals surface area contributed by atoms with Gasteiger partial charge >= 0.3 is 6.09 Å². The van der Waals surface area contributed by atoms with Crippen molar-refractivity contribution in [2.75, 3.05) is 20.2 Å². The molecule has 0 radical (unpaired) electrons. The summed E-state index contributed by atoms with van der Waals surface area (Å²) in [5.41, 5.74) is -0.822. The number of likely N-dealkylation sites (tertiary alicyclic amines) is 1. The first-order valence-electron chi connectivity index (χ1n) is 18.2. The molecule has 3 saturated carbocycles. The summed E-state index contributed by atoms with van der Waals surface area (Å²) >= 11 is 0. The lowest BCUT2D eigenvalue weighted by atomic mass is 9.94. The number of nitrogens with zero attached hydrogens (tertiary/aromatic N) is 3. The molecule has 4 amide bonds. The molecule has 4 N–H and O–H groups in total. The van der Waals surface area contributed by atoms with Crippen LogP contribution in [0.2, 0.25) is 0 Å². The smallest absolute Gasteiger partial charge is 0.405 e. The van der Waals surface area contributed by atoms with Gasteiger partial charge in [0.15, 0.2) is 0 Å². The molecule has 296 valence electrons. The number of alkyl halides is 3. The van der Waals surface area contributed by atoms with E-state index in [1.807, 2.05) is 5.32 Å². The van der Waals surface area contributed by atoms with Crippen LogP contribution < -0.4 is 24.8 Å². The summed E-state index contributed by atoms with van der Waals surface area (Å²) in [6.45, 7) is 0.699. The van der Waals surface area contributed by atoms with E-state index in [0.717, 1.165) is 30.1 Å². The number of carbonyl (C=O) groups excluding carboxylic acids is 3. The number of aromatic nitrogens is 2. The third kappa shape index (κ3) is 8.29. The van der Waals surface area contributed by atoms with Crippen LogP contribution >= 0.6 is 0 Å². The molecule has 2 heterocycles. The Labute approximate surface area is 310 Å². The van der Waals surface area contributed by atoms with Gasteiger partial charge in [0.05, 0.1) is 30.6 Å². The zero-order valence-electron chi connectivity index (χ0n) is 30.0. The molecular formula is C35H45F3N6O9S. The van der Waals surface area contributed by atoms with Crippen LogP contribution in [0.3, 0.4) is 0 Å². The minimum absolute atomic E-state index is 0.153. The molecule has 2 aromatic rings. The van der Waals surface area contributed by atoms with Crippen LogP contribution in [-0.2, 0) is 30.8 Å². The molecule has 1 aromatic heterocycles. The number of halogens is 3. The minimum Gasteiger partial charge on any atom is -0.497 e. The Bertz CT molecular complexity index is 1900. The van der Waals surface area contributed by atoms with E-state index in [2.05, 4.69) is 5.32 Å². The quantitative estimate of drug-likeness (QED) is 0.161. The fourth-order valence-corrected chi connectivity index (χ4v) is 8.49. The van der Waals surface area contributed by atoms with Crippen LogP contribution in [0.1, 0.15) is 76.8 Å². The van der Waals surface area contributed by atoms with Crippen LogP contribution in [0.5, 0.6) is 11.6 Å². The molecule has 1 aliphatic heterocycles. The van der Waals surface area contributed by atoms with Gasteiger partial charge in [0.25, 0.3) is 15.9 Å². The number of benzene rings is 1. The van der Waals surface area contributed by atoms with Gasteiger partial charge in [-0.25, -0.2) is 41.1 Å². The number of hydrogen-bond acceptors (Lipinski definition) is 10. The normalized spacial score (nSPS) is 25.6. The lowest BCUT2D eigenvalue weighted by Crippen LogP contribution is -2.59. The third-order valence-electron chi connectivity index (χ3n) is 10.9. The van der Waals surface area contributed by atoms with Crippen LogP contribution in [0.25, 0.3) is 11.0 Å². The van der Waals surface area contributed by atoms with Crippen molar-refractivity contribution in [2.24, 2.45) is 17.8 Å². The van der Waals surface area contributed by atoms with E-state index in [9.17, 15) is 45.9 Å². The third-order valence-corrected chi connectivity index (χ3v) is 12.7. The number of sulfonamides is 1. The number of methoxy groups -OCH3 is 1. The molecule has 19 heteroatoms. The summed E-state index contributed by atoms with van der Waals surface area (Å²) in [5.74, 6) is -4.60. The van der Waals surface area contributed by atoms with Crippen LogP contribution in [0, 0.1) is 17.8 Å². The van der Waals surface area contributed by atoms with E-state index in [-0.39, 0.29) is 31.7 Å². The summed E-state index contributed by atoms with van der Waals surface area (Å²) in [4.78, 5) is 62.8. The van der Waals surface area contributed by atoms with E-state index >= 15 is 0 Å². The van der Waals surface area contributed by atoms with Crippen molar-refractivity contribution in [3.05, 3.63) is 23.9 Å². The van der Waals surface area contributed by atoms with E-state index in [1.165, 1.54) is 26.4 Å². The number of hydrogen-bond donors (Lipinski definition) is 4. The Morgan fingerprint density at radius 2 is 1.83 bits per heavy atom. The Balaban J connectivity index is 1.28. The number of carboxylic acid groups (broad SMARTS) is 1. The first-order valence-corrected chi connectivity index (χ1v) is 19.7. The van der Waals surface area contributed by atoms with Crippen molar-refractivity contribution in [1.82, 2.24) is 30.2 Å². The maximum Gasteiger partial charge on any atom is 0.405 e. The molecule has 1 aromatic carbocycles. The average Bonchev–Trinajstić information content (AvgIpc) is 4.06. The summed E-state index contributed by atoms with van der Waals surface area (Å²) in [5, 5.41) is 10.7. The number of ether oxygens (including phenoxy) is 2. The summed E-state index contributed by atoms with van der Waals surface area (Å²) in [7, 11) is -3.39. The van der Waals surface area contributed by atoms with Gasteiger partial charge in [-0.3, -0.25) is 14.4 Å². The highest BCUT2D eigenvalue weighted by molar-refractivity contribution is 7.91. The van der Waals surface area contributed by atoms with E-state index < -0.39 is 87.8 Å². The molecule has 1 saturated heterocycles. The van der Waals surface area contributed by atoms with E-state index in [4.69, 9.17) is 19.4 Å². The zero-order valence-corrected chi connectivity index (χ0v) is 30.8. The standard InChI is InChI=1S/C35H45F3N6O9S/c1-3-21-26(53-31-24(8-6-4-5-7-19-9-10-19)40-23-12-11-20(52-2)15-25(23)41-31)18-44(27(45)17-39-33(48)49)28(21)30(46)42-35(16-22(35)29(36)37)32(47)43-54(50,51)34(38)13-14-34/h11-12,15,19,21-22,26,28-29,39H,3-10,13-14,16-18H2,1-2H3,(H,42,46)(H,43,47)(H,48,49)/t21-,22+,26+,28+,35-/m1/s1. The SMILES string of the molecule is CC[C@@H]1[C@@H](Oc2nc3cc(OC)ccc3nc2CCCCCC2CC2)CN(C(=O)CNC(=O)O)[C@@H]1C(=O)N[C@]1(C(=O)NS(=O)(=O)C2(F)CC2)C[C@H]1C(F)F. The van der Waals surface area contributed by atoms with Crippen molar-refractivity contribution in [2.45, 2.75) is 107 Å². The second-order valence-electron chi connectivity index (χ2n) is 14.7. The first kappa shape index (κ1) is 39.3. The number of unbranched alkanes of at least 4 members (excludes halogenated alkanes) is 2. The Hall–Kier alpha value is -4.42. The molecule has 0 unspecified atom stereocenters. The lowest BCUT2D eigenvalue weighted by Gasteiger charge is -2.29. The van der Waals surface area contributed by atoms with Gasteiger partial charge in [-0.1, -0.05) is 39.0 Å². The van der Waals surface area contributed by atoms with Crippen molar-refractivity contribution < 1.29 is 55.3 Å². The van der Waals surface area contributed by atoms with Crippen molar-refractivity contribution in [3.8, 4) is 11.6 Å². The number of nitrogens with one attached hydrogen (secondary N) is 3. The molecule has 0 bridgehead atoms. The van der Waals surface area contributed by atoms with Gasteiger partial charge in [-0.05, 0) is 43.7 Å². The Morgan fingerprint density at radius 3 is 2.44 bits per heavy atom. The van der Waals surface area contributed by atoms with E-state index in [0.29, 0.717) is 28.9 Å². The second-order valence-corrected chi connectivity index (χ2v) is 16.6. The van der Waals surface area contributed by atoms with Crippen LogP contribution in [0.4, 0.5) is 18.0 Å². The molecule has 4 aliphatic rings. The molecule has 0 spiro atoms. The van der Waals surface area contributed by atoms with Gasteiger partial charge < -0.3 is 30.1 Å². The Morgan fingerprint density at radius 1 is 1.09 bits per heavy atom. The predicted molar refractivity (Wildman–Crippen MR) is 186 cm³/mol. The van der Waals surface area contributed by atoms with E-state index in [1.54, 1.807) is 29.8 Å². The summed E-state index contributed by atoms with van der Waals surface area (Å²) in [6.07, 6.45) is 0.223. The van der Waals surface area contributed by atoms with Crippen molar-refractivity contribution in [3.63, 3.8) is 0 Å². The maximum atomic E-state index is 14.5. The number of rotatable bonds is 18. The van der Waals surface area contributed by atoms with Crippen LogP contribution in [0.15, 0.2) is 18.2 Å². The van der Waals surface area contributed by atoms with Crippen molar-refractivity contribution in [1.29, 1.82) is 0 Å². The lowest BCUT2D eigenvalue weighted by molar-refractivity contribution is -0.140. The average molecular weight is 783 g/mol. The topological polar surface area (TPSA) is 206 Å². The largest absolute Gasteiger partial charge is 0.497 e. The highest BCUT2D eigenvalue weighted by Gasteiger charge is 2.68. The maximum absolute atomic E-state index is 14.5. The molecule has 4 fully saturated rings. The van der Waals surface area contributed by atoms with Gasteiger partial charge in [0.2, 0.25) is 29.1 Å². The molecule has 6 rings (SSSR count). The van der Waals surface area contributed by atoms with Crippen molar-refractivity contribution >= 4 is 44.9 Å². The van der Waals surface area contributed by atoms with Gasteiger partial charge in [0, 0.05) is 24.8 Å². The summed E-state index contributed by atoms with van der Waals surface area (Å²) < 4.78 is 81.1. The van der Waals surface area contributed by atoms with Gasteiger partial charge in [-0.2, -0.15) is 0 Å². The molecule has 15 nitrogen and oxygen atoms in total. The zero-order chi connectivity index (χ0) is 39.0. The second kappa shape index (κ2) is 15.4. The van der Waals surface area contributed by atoms with Gasteiger partial charge in [-0.15, -0.1) is 0 Å².